The number of nitrogens with one attached hydrogen (secondary N) is 1. The molecule has 11 nitrogen and oxygen atoms in total. The highest BCUT2D eigenvalue weighted by Gasteiger charge is 2.26. The summed E-state index contributed by atoms with van der Waals surface area (Å²) in [6.45, 7) is 7.27. The molecule has 1 saturated carbocycles. The number of nitrogens with zero attached hydrogens (tertiary/aromatic N) is 6. The smallest absolute Gasteiger partial charge is 0.263 e. The van der Waals surface area contributed by atoms with Crippen LogP contribution in [0.15, 0.2) is 29.3 Å². The number of carbonyl (C=O) groups excluding carboxylic acids is 2. The summed E-state index contributed by atoms with van der Waals surface area (Å²) in [4.78, 5) is 55.5. The van der Waals surface area contributed by atoms with Crippen molar-refractivity contribution in [2.24, 2.45) is 0 Å². The molecule has 0 unspecified atom stereocenters. The van der Waals surface area contributed by atoms with E-state index >= 15 is 0 Å². The van der Waals surface area contributed by atoms with Crippen molar-refractivity contribution in [2.45, 2.75) is 58.4 Å². The van der Waals surface area contributed by atoms with E-state index in [0.29, 0.717) is 34.8 Å². The Hall–Kier alpha value is -3.70. The molecule has 5 rings (SSSR count). The van der Waals surface area contributed by atoms with Crippen LogP contribution in [0.1, 0.15) is 67.4 Å². The highest BCUT2D eigenvalue weighted by atomic mass is 16.3. The van der Waals surface area contributed by atoms with Crippen molar-refractivity contribution in [2.75, 3.05) is 49.5 Å². The summed E-state index contributed by atoms with van der Waals surface area (Å²) in [5, 5.41) is 12.8. The summed E-state index contributed by atoms with van der Waals surface area (Å²) in [5.41, 5.74) is 2.15. The number of pyridine rings is 2. The van der Waals surface area contributed by atoms with Gasteiger partial charge >= 0.3 is 0 Å². The molecule has 1 aliphatic carbocycles. The van der Waals surface area contributed by atoms with E-state index in [9.17, 15) is 14.4 Å². The Morgan fingerprint density at radius 2 is 1.82 bits per heavy atom. The number of aliphatic hydroxyl groups is 1. The lowest BCUT2D eigenvalue weighted by Crippen LogP contribution is -2.46. The van der Waals surface area contributed by atoms with Crippen LogP contribution in [0.2, 0.25) is 0 Å². The van der Waals surface area contributed by atoms with E-state index in [0.717, 1.165) is 70.5 Å². The summed E-state index contributed by atoms with van der Waals surface area (Å²) in [7, 11) is 0. The zero-order valence-corrected chi connectivity index (χ0v) is 23.2. The number of piperazine rings is 1. The van der Waals surface area contributed by atoms with E-state index in [1.165, 1.54) is 6.92 Å². The Morgan fingerprint density at radius 1 is 1.07 bits per heavy atom. The fourth-order valence-electron chi connectivity index (χ4n) is 5.88. The molecule has 2 fully saturated rings. The zero-order chi connectivity index (χ0) is 28.2. The van der Waals surface area contributed by atoms with Gasteiger partial charge in [0.05, 0.1) is 17.4 Å². The molecule has 1 aliphatic heterocycles. The van der Waals surface area contributed by atoms with Crippen LogP contribution in [-0.2, 0) is 4.79 Å². The Morgan fingerprint density at radius 3 is 2.48 bits per heavy atom. The molecule has 0 amide bonds. The van der Waals surface area contributed by atoms with Crippen LogP contribution in [0.5, 0.6) is 0 Å². The highest BCUT2D eigenvalue weighted by molar-refractivity contribution is 5.99. The average Bonchev–Trinajstić information content (AvgIpc) is 3.48. The molecular formula is C29H37N7O4. The fourth-order valence-corrected chi connectivity index (χ4v) is 5.88. The van der Waals surface area contributed by atoms with E-state index in [2.05, 4.69) is 25.1 Å². The van der Waals surface area contributed by atoms with Crippen molar-refractivity contribution in [3.05, 3.63) is 46.0 Å². The van der Waals surface area contributed by atoms with Crippen molar-refractivity contribution in [3.8, 4) is 0 Å². The number of hydrogen-bond donors (Lipinski definition) is 2. The first-order chi connectivity index (χ1) is 19.4. The third-order valence-electron chi connectivity index (χ3n) is 8.08. The Balaban J connectivity index is 1.29. The van der Waals surface area contributed by atoms with Gasteiger partial charge < -0.3 is 15.3 Å². The standard InChI is InChI=1S/C29H37N7O4/c1-19-24-17-31-29(33-27(24)36(21-6-3-4-7-21)28(40)26(19)20(2)38)32-25-10-9-22(16-30-25)35-14-12-34(13-15-35)11-5-8-23(39)18-37/h9-10,16-17,21,37H,3-8,11-15,18H2,1-2H3,(H,30,31,32,33). The molecule has 212 valence electrons. The van der Waals surface area contributed by atoms with Crippen LogP contribution >= 0.6 is 0 Å². The zero-order valence-electron chi connectivity index (χ0n) is 23.2. The summed E-state index contributed by atoms with van der Waals surface area (Å²) in [6, 6.07) is 3.94. The van der Waals surface area contributed by atoms with Crippen LogP contribution in [-0.4, -0.2) is 80.4 Å². The van der Waals surface area contributed by atoms with Crippen LogP contribution in [0.3, 0.4) is 0 Å². The van der Waals surface area contributed by atoms with Gasteiger partial charge in [-0.1, -0.05) is 12.8 Å². The van der Waals surface area contributed by atoms with Gasteiger partial charge in [-0.25, -0.2) is 9.97 Å². The van der Waals surface area contributed by atoms with Crippen molar-refractivity contribution >= 4 is 40.1 Å². The number of hydrogen-bond acceptors (Lipinski definition) is 10. The SMILES string of the molecule is CC(=O)c1c(C)c2cnc(Nc3ccc(N4CCN(CCCC(=O)CO)CC4)cn3)nc2n(C2CCCC2)c1=O. The molecule has 3 aromatic rings. The van der Waals surface area contributed by atoms with Gasteiger partial charge in [0, 0.05) is 50.2 Å². The van der Waals surface area contributed by atoms with Gasteiger partial charge in [-0.3, -0.25) is 23.9 Å². The van der Waals surface area contributed by atoms with Gasteiger partial charge in [0.1, 0.15) is 18.1 Å². The number of aromatic nitrogens is 4. The predicted molar refractivity (Wildman–Crippen MR) is 154 cm³/mol. The molecule has 0 radical (unpaired) electrons. The molecule has 0 spiro atoms. The largest absolute Gasteiger partial charge is 0.389 e. The minimum atomic E-state index is -0.373. The number of rotatable bonds is 10. The summed E-state index contributed by atoms with van der Waals surface area (Å²) in [5.74, 6) is 0.607. The van der Waals surface area contributed by atoms with Gasteiger partial charge in [-0.05, 0) is 57.4 Å². The summed E-state index contributed by atoms with van der Waals surface area (Å²) in [6.07, 6.45) is 8.59. The predicted octanol–water partition coefficient (Wildman–Crippen LogP) is 3.02. The minimum absolute atomic E-state index is 0.0253. The second kappa shape index (κ2) is 12.2. The van der Waals surface area contributed by atoms with E-state index in [4.69, 9.17) is 10.1 Å². The number of aryl methyl sites for hydroxylation is 1. The van der Waals surface area contributed by atoms with Crippen LogP contribution < -0.4 is 15.8 Å². The molecule has 40 heavy (non-hydrogen) atoms. The Kier molecular flexibility index (Phi) is 8.51. The maximum absolute atomic E-state index is 13.4. The van der Waals surface area contributed by atoms with E-state index in [1.54, 1.807) is 17.7 Å². The minimum Gasteiger partial charge on any atom is -0.389 e. The van der Waals surface area contributed by atoms with Crippen molar-refractivity contribution in [1.82, 2.24) is 24.4 Å². The second-order valence-corrected chi connectivity index (χ2v) is 10.8. The summed E-state index contributed by atoms with van der Waals surface area (Å²) < 4.78 is 1.71. The van der Waals surface area contributed by atoms with E-state index in [1.807, 2.05) is 18.3 Å². The lowest BCUT2D eigenvalue weighted by atomic mass is 10.0. The third-order valence-corrected chi connectivity index (χ3v) is 8.08. The third kappa shape index (κ3) is 5.90. The molecule has 2 aliphatic rings. The van der Waals surface area contributed by atoms with Gasteiger partial charge in [-0.15, -0.1) is 0 Å². The number of Topliss-reactive ketones (excluding diaryl/α,β-unsaturated/α-hetero) is 2. The normalized spacial score (nSPS) is 16.5. The van der Waals surface area contributed by atoms with Crippen LogP contribution in [0.25, 0.3) is 11.0 Å². The number of fused-ring (bicyclic) bond motifs is 1. The molecule has 4 heterocycles. The second-order valence-electron chi connectivity index (χ2n) is 10.8. The van der Waals surface area contributed by atoms with Crippen molar-refractivity contribution in [3.63, 3.8) is 0 Å². The fraction of sp³-hybridized carbons (Fsp3) is 0.517. The number of ketones is 2. The maximum atomic E-state index is 13.4. The Labute approximate surface area is 233 Å². The maximum Gasteiger partial charge on any atom is 0.263 e. The van der Waals surface area contributed by atoms with E-state index in [-0.39, 0.29) is 35.3 Å². The quantitative estimate of drug-likeness (QED) is 0.365. The van der Waals surface area contributed by atoms with E-state index < -0.39 is 0 Å². The molecule has 0 aromatic carbocycles. The molecule has 1 saturated heterocycles. The first kappa shape index (κ1) is 27.9. The molecule has 0 atom stereocenters. The topological polar surface area (TPSA) is 134 Å². The number of anilines is 3. The number of aliphatic hydroxyl groups excluding tert-OH is 1. The first-order valence-electron chi connectivity index (χ1n) is 14.1. The highest BCUT2D eigenvalue weighted by Crippen LogP contribution is 2.32. The molecule has 11 heteroatoms. The van der Waals surface area contributed by atoms with Gasteiger partial charge in [-0.2, -0.15) is 4.98 Å². The lowest BCUT2D eigenvalue weighted by Gasteiger charge is -2.36. The average molecular weight is 548 g/mol. The van der Waals surface area contributed by atoms with Crippen LogP contribution in [0.4, 0.5) is 17.5 Å². The monoisotopic (exact) mass is 547 g/mol. The first-order valence-corrected chi connectivity index (χ1v) is 14.1. The number of carbonyl (C=O) groups is 2. The Bertz CT molecular complexity index is 1440. The van der Waals surface area contributed by atoms with Crippen molar-refractivity contribution in [1.29, 1.82) is 0 Å². The van der Waals surface area contributed by atoms with Crippen LogP contribution in [0, 0.1) is 6.92 Å². The van der Waals surface area contributed by atoms with Gasteiger partial charge in [0.2, 0.25) is 5.95 Å². The molecule has 2 N–H and O–H groups in total. The lowest BCUT2D eigenvalue weighted by molar-refractivity contribution is -0.121. The van der Waals surface area contributed by atoms with Gasteiger partial charge in [0.15, 0.2) is 11.6 Å². The summed E-state index contributed by atoms with van der Waals surface area (Å²) >= 11 is 0. The molecule has 3 aromatic heterocycles. The van der Waals surface area contributed by atoms with Gasteiger partial charge in [0.25, 0.3) is 5.56 Å². The molecule has 0 bridgehead atoms. The van der Waals surface area contributed by atoms with Crippen molar-refractivity contribution < 1.29 is 14.7 Å². The molecular weight excluding hydrogens is 510 g/mol.